The van der Waals surface area contributed by atoms with Crippen LogP contribution in [0.4, 0.5) is 13.2 Å². The molecule has 1 atom stereocenters. The van der Waals surface area contributed by atoms with E-state index in [2.05, 4.69) is 0 Å². The number of hydrogen-bond donors (Lipinski definition) is 2. The number of halogens is 3. The summed E-state index contributed by atoms with van der Waals surface area (Å²) in [5.41, 5.74) is -2.08. The van der Waals surface area contributed by atoms with Crippen LogP contribution in [-0.2, 0) is 4.79 Å². The van der Waals surface area contributed by atoms with E-state index in [0.717, 1.165) is 0 Å². The molecule has 1 rings (SSSR count). The normalized spacial score (nSPS) is 27.2. The quantitative estimate of drug-likeness (QED) is 0.761. The Morgan fingerprint density at radius 3 is 2.44 bits per heavy atom. The van der Waals surface area contributed by atoms with Crippen molar-refractivity contribution in [2.45, 2.75) is 19.0 Å². The minimum atomic E-state index is -4.44. The molecule has 0 aliphatic carbocycles. The highest BCUT2D eigenvalue weighted by molar-refractivity contribution is 5.66. The number of carboxylic acids is 1. The van der Waals surface area contributed by atoms with Crippen LogP contribution in [-0.4, -0.2) is 53.5 Å². The van der Waals surface area contributed by atoms with Gasteiger partial charge in [0.25, 0.3) is 0 Å². The predicted molar refractivity (Wildman–Crippen MR) is 48.9 cm³/mol. The van der Waals surface area contributed by atoms with E-state index >= 15 is 0 Å². The van der Waals surface area contributed by atoms with E-state index in [4.69, 9.17) is 10.2 Å². The first-order valence-corrected chi connectivity index (χ1v) is 4.92. The van der Waals surface area contributed by atoms with Crippen LogP contribution in [0.3, 0.4) is 0 Å². The molecule has 0 aromatic heterocycles. The molecule has 1 heterocycles. The molecule has 1 fully saturated rings. The molecule has 16 heavy (non-hydrogen) atoms. The monoisotopic (exact) mass is 241 g/mol. The first-order valence-electron chi connectivity index (χ1n) is 4.92. The molecule has 7 heteroatoms. The molecule has 0 aromatic rings. The average molecular weight is 241 g/mol. The second kappa shape index (κ2) is 4.58. The third-order valence-electron chi connectivity index (χ3n) is 2.98. The Bertz CT molecular complexity index is 269. The summed E-state index contributed by atoms with van der Waals surface area (Å²) >= 11 is 0. The Hall–Kier alpha value is -0.820. The van der Waals surface area contributed by atoms with Gasteiger partial charge in [0.1, 0.15) is 5.41 Å². The van der Waals surface area contributed by atoms with Gasteiger partial charge in [-0.2, -0.15) is 13.2 Å². The van der Waals surface area contributed by atoms with Crippen molar-refractivity contribution in [2.24, 2.45) is 5.41 Å². The minimum Gasteiger partial charge on any atom is -0.481 e. The zero-order chi connectivity index (χ0) is 12.4. The Balaban J connectivity index is 2.58. The van der Waals surface area contributed by atoms with Crippen LogP contribution >= 0.6 is 0 Å². The molecule has 1 aliphatic heterocycles. The number of aliphatic hydroxyl groups is 1. The fraction of sp³-hybridized carbons (Fsp3) is 0.889. The van der Waals surface area contributed by atoms with E-state index in [1.807, 2.05) is 0 Å². The third kappa shape index (κ3) is 2.65. The summed E-state index contributed by atoms with van der Waals surface area (Å²) in [6.07, 6.45) is -4.80. The van der Waals surface area contributed by atoms with Crippen LogP contribution in [0.25, 0.3) is 0 Å². The smallest absolute Gasteiger partial charge is 0.397 e. The van der Waals surface area contributed by atoms with Gasteiger partial charge in [-0.25, -0.2) is 0 Å². The molecule has 94 valence electrons. The highest BCUT2D eigenvalue weighted by Crippen LogP contribution is 2.44. The zero-order valence-corrected chi connectivity index (χ0v) is 8.63. The molecule has 1 aliphatic rings. The maximum absolute atomic E-state index is 12.7. The molecule has 1 saturated heterocycles. The SMILES string of the molecule is O=C(O)CCN1CC[C@](CO)(C(F)(F)F)C1. The molecule has 0 aromatic carbocycles. The lowest BCUT2D eigenvalue weighted by molar-refractivity contribution is -0.230. The highest BCUT2D eigenvalue weighted by Gasteiger charge is 2.57. The van der Waals surface area contributed by atoms with Gasteiger partial charge in [-0.3, -0.25) is 4.79 Å². The van der Waals surface area contributed by atoms with Gasteiger partial charge < -0.3 is 15.1 Å². The molecule has 4 nitrogen and oxygen atoms in total. The first kappa shape index (κ1) is 13.2. The van der Waals surface area contributed by atoms with E-state index in [1.165, 1.54) is 4.90 Å². The first-order chi connectivity index (χ1) is 7.31. The topological polar surface area (TPSA) is 60.8 Å². The Morgan fingerprint density at radius 1 is 1.44 bits per heavy atom. The van der Waals surface area contributed by atoms with E-state index in [9.17, 15) is 18.0 Å². The van der Waals surface area contributed by atoms with Crippen molar-refractivity contribution in [3.63, 3.8) is 0 Å². The second-order valence-corrected chi connectivity index (χ2v) is 4.11. The number of rotatable bonds is 4. The van der Waals surface area contributed by atoms with Crippen LogP contribution in [0, 0.1) is 5.41 Å². The van der Waals surface area contributed by atoms with Gasteiger partial charge in [0.05, 0.1) is 13.0 Å². The summed E-state index contributed by atoms with van der Waals surface area (Å²) in [5, 5.41) is 17.3. The van der Waals surface area contributed by atoms with Gasteiger partial charge in [-0.15, -0.1) is 0 Å². The summed E-state index contributed by atoms with van der Waals surface area (Å²) in [4.78, 5) is 11.7. The molecule has 0 amide bonds. The standard InChI is InChI=1S/C9H14F3NO3/c10-9(11,12)8(6-14)2-4-13(5-8)3-1-7(15)16/h14H,1-6H2,(H,15,16)/t8-/m0/s1. The van der Waals surface area contributed by atoms with Crippen molar-refractivity contribution in [3.05, 3.63) is 0 Å². The second-order valence-electron chi connectivity index (χ2n) is 4.11. The van der Waals surface area contributed by atoms with Crippen LogP contribution in [0.2, 0.25) is 0 Å². The van der Waals surface area contributed by atoms with Crippen LogP contribution in [0.15, 0.2) is 0 Å². The summed E-state index contributed by atoms with van der Waals surface area (Å²) in [5.74, 6) is -1.03. The van der Waals surface area contributed by atoms with Crippen molar-refractivity contribution in [1.82, 2.24) is 4.90 Å². The lowest BCUT2D eigenvalue weighted by Gasteiger charge is -2.29. The van der Waals surface area contributed by atoms with Crippen molar-refractivity contribution in [1.29, 1.82) is 0 Å². The lowest BCUT2D eigenvalue weighted by atomic mass is 9.87. The summed E-state index contributed by atoms with van der Waals surface area (Å²) in [6.45, 7) is -0.999. The third-order valence-corrected chi connectivity index (χ3v) is 2.98. The number of nitrogens with zero attached hydrogens (tertiary/aromatic N) is 1. The van der Waals surface area contributed by atoms with Gasteiger partial charge in [0, 0.05) is 13.1 Å². The summed E-state index contributed by atoms with van der Waals surface area (Å²) in [6, 6.07) is 0. The Labute approximate surface area is 90.7 Å². The molecule has 0 spiro atoms. The predicted octanol–water partition coefficient (Wildman–Crippen LogP) is 0.708. The molecule has 0 bridgehead atoms. The number of aliphatic carboxylic acids is 1. The fourth-order valence-corrected chi connectivity index (χ4v) is 1.85. The Kier molecular flexibility index (Phi) is 3.80. The van der Waals surface area contributed by atoms with Gasteiger partial charge in [-0.1, -0.05) is 0 Å². The van der Waals surface area contributed by atoms with Crippen LogP contribution < -0.4 is 0 Å². The van der Waals surface area contributed by atoms with Crippen LogP contribution in [0.1, 0.15) is 12.8 Å². The van der Waals surface area contributed by atoms with Crippen LogP contribution in [0.5, 0.6) is 0 Å². The molecule has 0 unspecified atom stereocenters. The van der Waals surface area contributed by atoms with E-state index < -0.39 is 24.2 Å². The summed E-state index contributed by atoms with van der Waals surface area (Å²) < 4.78 is 38.1. The van der Waals surface area contributed by atoms with Crippen molar-refractivity contribution < 1.29 is 28.2 Å². The van der Waals surface area contributed by atoms with Gasteiger partial charge in [0.15, 0.2) is 0 Å². The van der Waals surface area contributed by atoms with Crippen molar-refractivity contribution in [3.8, 4) is 0 Å². The number of carboxylic acid groups (broad SMARTS) is 1. The van der Waals surface area contributed by atoms with E-state index in [0.29, 0.717) is 0 Å². The van der Waals surface area contributed by atoms with Gasteiger partial charge >= 0.3 is 12.1 Å². The minimum absolute atomic E-state index is 0.0904. The summed E-state index contributed by atoms with van der Waals surface area (Å²) in [7, 11) is 0. The molecule has 2 N–H and O–H groups in total. The average Bonchev–Trinajstić information content (AvgIpc) is 2.58. The molecular formula is C9H14F3NO3. The number of likely N-dealkylation sites (tertiary alicyclic amines) is 1. The zero-order valence-electron chi connectivity index (χ0n) is 8.63. The molecule has 0 saturated carbocycles. The number of alkyl halides is 3. The molecule has 0 radical (unpaired) electrons. The largest absolute Gasteiger partial charge is 0.481 e. The molecular weight excluding hydrogens is 227 g/mol. The number of carbonyl (C=O) groups is 1. The van der Waals surface area contributed by atoms with Gasteiger partial charge in [-0.05, 0) is 13.0 Å². The highest BCUT2D eigenvalue weighted by atomic mass is 19.4. The fourth-order valence-electron chi connectivity index (χ4n) is 1.85. The maximum Gasteiger partial charge on any atom is 0.397 e. The van der Waals surface area contributed by atoms with Crippen molar-refractivity contribution >= 4 is 5.97 Å². The Morgan fingerprint density at radius 2 is 2.06 bits per heavy atom. The number of hydrogen-bond acceptors (Lipinski definition) is 3. The van der Waals surface area contributed by atoms with Crippen molar-refractivity contribution in [2.75, 3.05) is 26.2 Å². The van der Waals surface area contributed by atoms with E-state index in [1.54, 1.807) is 0 Å². The lowest BCUT2D eigenvalue weighted by Crippen LogP contribution is -2.43. The van der Waals surface area contributed by atoms with E-state index in [-0.39, 0.29) is 32.5 Å². The number of aliphatic hydroxyl groups excluding tert-OH is 1. The van der Waals surface area contributed by atoms with Gasteiger partial charge in [0.2, 0.25) is 0 Å². The maximum atomic E-state index is 12.7.